The van der Waals surface area contributed by atoms with E-state index in [1.165, 1.54) is 6.07 Å². The van der Waals surface area contributed by atoms with E-state index in [0.29, 0.717) is 0 Å². The molecule has 0 N–H and O–H groups in total. The summed E-state index contributed by atoms with van der Waals surface area (Å²) in [7, 11) is 0. The van der Waals surface area contributed by atoms with Crippen LogP contribution in [-0.2, 0) is 0 Å². The lowest BCUT2D eigenvalue weighted by molar-refractivity contribution is 1.17. The van der Waals surface area contributed by atoms with Crippen LogP contribution in [0.5, 0.6) is 0 Å². The third kappa shape index (κ3) is 1.97. The lowest BCUT2D eigenvalue weighted by Gasteiger charge is -1.89. The Morgan fingerprint density at radius 3 is 2.00 bits per heavy atom. The Morgan fingerprint density at radius 2 is 1.67 bits per heavy atom. The van der Waals surface area contributed by atoms with Crippen molar-refractivity contribution in [2.45, 2.75) is 0 Å². The molecular weight excluding hydrogens is 184 g/mol. The summed E-state index contributed by atoms with van der Waals surface area (Å²) in [5.74, 6) is 0. The maximum absolute atomic E-state index is 5.43. The van der Waals surface area contributed by atoms with E-state index in [-0.39, 0.29) is 15.6 Å². The number of nitrogens with zero attached hydrogens (tertiary/aromatic N) is 2. The molecule has 0 saturated heterocycles. The third-order valence-electron chi connectivity index (χ3n) is 0.636. The molecule has 1 heterocycles. The van der Waals surface area contributed by atoms with E-state index < -0.39 is 0 Å². The highest BCUT2D eigenvalue weighted by Crippen LogP contribution is 2.13. The van der Waals surface area contributed by atoms with Crippen molar-refractivity contribution < 1.29 is 0 Å². The van der Waals surface area contributed by atoms with Gasteiger partial charge in [-0.2, -0.15) is 0 Å². The Morgan fingerprint density at radius 1 is 1.22 bits per heavy atom. The first kappa shape index (κ1) is 7.06. The van der Waals surface area contributed by atoms with Gasteiger partial charge in [0.15, 0.2) is 0 Å². The minimum atomic E-state index is 0.0625. The van der Waals surface area contributed by atoms with Gasteiger partial charge in [0, 0.05) is 6.07 Å². The van der Waals surface area contributed by atoms with E-state index in [1.54, 1.807) is 0 Å². The molecule has 2 nitrogen and oxygen atoms in total. The second-order valence-electron chi connectivity index (χ2n) is 1.28. The number of aromatic nitrogens is 2. The molecule has 0 fully saturated rings. The molecule has 0 aliphatic heterocycles. The summed E-state index contributed by atoms with van der Waals surface area (Å²) in [5, 5.41) is 0.563. The predicted molar refractivity (Wildman–Crippen MR) is 37.1 cm³/mol. The topological polar surface area (TPSA) is 25.8 Å². The number of hydrogen-bond acceptors (Lipinski definition) is 2. The Balaban J connectivity index is 3.17. The molecule has 0 atom stereocenters. The van der Waals surface area contributed by atoms with Gasteiger partial charge in [-0.15, -0.1) is 0 Å². The van der Waals surface area contributed by atoms with E-state index in [4.69, 9.17) is 34.8 Å². The van der Waals surface area contributed by atoms with Gasteiger partial charge in [0.05, 0.1) is 0 Å². The van der Waals surface area contributed by atoms with Crippen LogP contribution >= 0.6 is 34.8 Å². The molecule has 0 aromatic carbocycles. The lowest BCUT2D eigenvalue weighted by atomic mass is 10.7. The van der Waals surface area contributed by atoms with Gasteiger partial charge >= 0.3 is 0 Å². The zero-order valence-corrected chi connectivity index (χ0v) is 6.37. The van der Waals surface area contributed by atoms with Crippen molar-refractivity contribution in [2.24, 2.45) is 0 Å². The van der Waals surface area contributed by atoms with Crippen molar-refractivity contribution in [2.75, 3.05) is 0 Å². The summed E-state index contributed by atoms with van der Waals surface area (Å²) in [6.07, 6.45) is 0. The molecule has 48 valence electrons. The van der Waals surface area contributed by atoms with Crippen molar-refractivity contribution >= 4 is 34.8 Å². The quantitative estimate of drug-likeness (QED) is 0.458. The van der Waals surface area contributed by atoms with Crippen LogP contribution in [0, 0.1) is 0 Å². The fraction of sp³-hybridized carbons (Fsp3) is 0. The minimum Gasteiger partial charge on any atom is -0.206 e. The molecule has 0 spiro atoms. The van der Waals surface area contributed by atoms with Gasteiger partial charge in [0.25, 0.3) is 0 Å². The molecule has 0 amide bonds. The number of hydrogen-bond donors (Lipinski definition) is 0. The summed E-state index contributed by atoms with van der Waals surface area (Å²) in [6, 6.07) is 1.41. The summed E-state index contributed by atoms with van der Waals surface area (Å²) in [6.45, 7) is 0. The van der Waals surface area contributed by atoms with Crippen LogP contribution < -0.4 is 0 Å². The maximum atomic E-state index is 5.43. The highest BCUT2D eigenvalue weighted by Gasteiger charge is 1.95. The molecule has 0 bridgehead atoms. The molecule has 0 unspecified atom stereocenters. The van der Waals surface area contributed by atoms with Gasteiger partial charge in [-0.25, -0.2) is 9.97 Å². The monoisotopic (exact) mass is 184 g/mol. The molecular formula is C4HCl3N2. The fourth-order valence-electron chi connectivity index (χ4n) is 0.364. The van der Waals surface area contributed by atoms with E-state index in [0.717, 1.165) is 0 Å². The Kier molecular flexibility index (Phi) is 2.11. The van der Waals surface area contributed by atoms with Crippen LogP contribution in [0.25, 0.3) is 0 Å². The third-order valence-corrected chi connectivity index (χ3v) is 1.19. The van der Waals surface area contributed by atoms with Crippen molar-refractivity contribution in [1.82, 2.24) is 9.97 Å². The van der Waals surface area contributed by atoms with Crippen molar-refractivity contribution in [3.05, 3.63) is 21.7 Å². The highest BCUT2D eigenvalue weighted by atomic mass is 35.5. The fourth-order valence-corrected chi connectivity index (χ4v) is 1.06. The zero-order valence-electron chi connectivity index (χ0n) is 4.11. The standard InChI is InChI=1S/C4HCl3N2/c5-2-1-3(6)9-4(7)8-2/h1H/i4+2. The minimum absolute atomic E-state index is 0.0625. The first-order valence-corrected chi connectivity index (χ1v) is 3.17. The van der Waals surface area contributed by atoms with Crippen LogP contribution in [0.3, 0.4) is 0 Å². The first-order chi connectivity index (χ1) is 4.18. The number of rotatable bonds is 0. The smallest absolute Gasteiger partial charge is 0.206 e. The van der Waals surface area contributed by atoms with Crippen LogP contribution in [0.1, 0.15) is 0 Å². The summed E-state index contributed by atoms with van der Waals surface area (Å²) in [4.78, 5) is 7.14. The molecule has 0 radical (unpaired) electrons. The molecule has 1 aromatic heterocycles. The van der Waals surface area contributed by atoms with Gasteiger partial charge < -0.3 is 0 Å². The summed E-state index contributed by atoms with van der Waals surface area (Å²) < 4.78 is 0. The average molecular weight is 185 g/mol. The molecule has 0 saturated carbocycles. The Hall–Kier alpha value is -0.0500. The molecule has 1 rings (SSSR count). The van der Waals surface area contributed by atoms with Crippen molar-refractivity contribution in [3.63, 3.8) is 0 Å². The molecule has 0 aliphatic rings. The van der Waals surface area contributed by atoms with E-state index in [1.807, 2.05) is 0 Å². The van der Waals surface area contributed by atoms with Crippen molar-refractivity contribution in [3.8, 4) is 0 Å². The Labute approximate surface area is 66.8 Å². The van der Waals surface area contributed by atoms with Crippen LogP contribution in [0.2, 0.25) is 15.6 Å². The predicted octanol–water partition coefficient (Wildman–Crippen LogP) is 2.44. The normalized spacial score (nSPS) is 9.67. The van der Waals surface area contributed by atoms with Crippen molar-refractivity contribution in [1.29, 1.82) is 0 Å². The zero-order chi connectivity index (χ0) is 6.85. The molecule has 9 heavy (non-hydrogen) atoms. The SMILES string of the molecule is Clc1cc(Cl)n[14c](Cl)n1. The largest absolute Gasteiger partial charge is 0.225 e. The van der Waals surface area contributed by atoms with Gasteiger partial charge in [-0.1, -0.05) is 23.2 Å². The highest BCUT2D eigenvalue weighted by molar-refractivity contribution is 6.35. The van der Waals surface area contributed by atoms with E-state index in [9.17, 15) is 0 Å². The van der Waals surface area contributed by atoms with E-state index in [2.05, 4.69) is 9.97 Å². The first-order valence-electron chi connectivity index (χ1n) is 2.04. The van der Waals surface area contributed by atoms with Gasteiger partial charge in [0.2, 0.25) is 5.28 Å². The molecule has 5 heteroatoms. The summed E-state index contributed by atoms with van der Waals surface area (Å²) >= 11 is 16.2. The van der Waals surface area contributed by atoms with Gasteiger partial charge in [-0.3, -0.25) is 0 Å². The van der Waals surface area contributed by atoms with Crippen LogP contribution in [-0.4, -0.2) is 9.97 Å². The van der Waals surface area contributed by atoms with E-state index >= 15 is 0 Å². The Bertz CT molecular complexity index is 175. The number of halogens is 3. The summed E-state index contributed by atoms with van der Waals surface area (Å²) in [5.41, 5.74) is 0. The molecule has 1 aromatic rings. The van der Waals surface area contributed by atoms with Crippen LogP contribution in [0.15, 0.2) is 6.07 Å². The second-order valence-corrected chi connectivity index (χ2v) is 2.39. The van der Waals surface area contributed by atoms with Gasteiger partial charge in [0.1, 0.15) is 10.3 Å². The molecule has 0 aliphatic carbocycles. The maximum Gasteiger partial charge on any atom is 0.225 e. The average Bonchev–Trinajstić information content (AvgIpc) is 1.59. The second kappa shape index (κ2) is 2.69. The van der Waals surface area contributed by atoms with Crippen LogP contribution in [0.4, 0.5) is 0 Å². The van der Waals surface area contributed by atoms with Gasteiger partial charge in [-0.05, 0) is 11.6 Å². The lowest BCUT2D eigenvalue weighted by Crippen LogP contribution is -1.81.